The minimum Gasteiger partial charge on any atom is -0.393 e. The van der Waals surface area contributed by atoms with Gasteiger partial charge in [0.2, 0.25) is 0 Å². The number of hydrogen-bond donors (Lipinski definition) is 2. The first-order valence-corrected chi connectivity index (χ1v) is 16.8. The first kappa shape index (κ1) is 32.8. The topological polar surface area (TPSA) is 76.4 Å². The number of aliphatic hydroxyl groups is 2. The van der Waals surface area contributed by atoms with Gasteiger partial charge >= 0.3 is 6.18 Å². The summed E-state index contributed by atoms with van der Waals surface area (Å²) in [6.07, 6.45) is 3.31. The number of aliphatic hydroxyl groups excluding tert-OH is 1. The van der Waals surface area contributed by atoms with Gasteiger partial charge in [-0.1, -0.05) is 42.8 Å². The Labute approximate surface area is 270 Å². The van der Waals surface area contributed by atoms with Gasteiger partial charge in [-0.2, -0.15) is 13.2 Å². The molecule has 46 heavy (non-hydrogen) atoms. The molecule has 1 saturated carbocycles. The quantitative estimate of drug-likeness (QED) is 0.287. The van der Waals surface area contributed by atoms with Crippen molar-refractivity contribution in [3.8, 4) is 0 Å². The van der Waals surface area contributed by atoms with E-state index in [0.717, 1.165) is 81.1 Å². The van der Waals surface area contributed by atoms with E-state index in [1.807, 2.05) is 12.1 Å². The van der Waals surface area contributed by atoms with Crippen molar-refractivity contribution in [1.29, 1.82) is 0 Å². The molecule has 7 rings (SSSR count). The second-order valence-corrected chi connectivity index (χ2v) is 14.2. The fourth-order valence-corrected chi connectivity index (χ4v) is 8.36. The predicted molar refractivity (Wildman–Crippen MR) is 173 cm³/mol. The number of allylic oxidation sites excluding steroid dienone is 2. The number of halogens is 3. The van der Waals surface area contributed by atoms with Gasteiger partial charge in [0.1, 0.15) is 0 Å². The lowest BCUT2D eigenvalue weighted by Crippen LogP contribution is -2.59. The molecule has 2 aromatic rings. The molecule has 4 atom stereocenters. The molecule has 2 aromatic carbocycles. The number of aliphatic imine (C=N–C) groups is 1. The van der Waals surface area contributed by atoms with E-state index in [2.05, 4.69) is 29.7 Å². The molecule has 2 aliphatic heterocycles. The van der Waals surface area contributed by atoms with Crippen LogP contribution < -0.4 is 0 Å². The van der Waals surface area contributed by atoms with Crippen LogP contribution in [0.15, 0.2) is 59.1 Å². The van der Waals surface area contributed by atoms with Crippen LogP contribution in [0.2, 0.25) is 0 Å². The summed E-state index contributed by atoms with van der Waals surface area (Å²) in [7, 11) is 0. The van der Waals surface area contributed by atoms with Gasteiger partial charge in [-0.05, 0) is 100.0 Å². The van der Waals surface area contributed by atoms with Crippen LogP contribution in [0.25, 0.3) is 0 Å². The lowest BCUT2D eigenvalue weighted by Gasteiger charge is -2.49. The van der Waals surface area contributed by atoms with Crippen LogP contribution >= 0.6 is 0 Å². The number of guanidine groups is 1. The van der Waals surface area contributed by atoms with Crippen LogP contribution in [0.3, 0.4) is 0 Å². The van der Waals surface area contributed by atoms with Gasteiger partial charge in [-0.3, -0.25) is 9.79 Å². The summed E-state index contributed by atoms with van der Waals surface area (Å²) in [4.78, 5) is 23.6. The number of β-amino-alcohol motifs (C(OH)–C–C–N with tert-alkyl or cyclic N) is 1. The molecule has 0 unspecified atom stereocenters. The molecule has 5 aliphatic rings. The number of carbonyl (C=O) groups is 1. The van der Waals surface area contributed by atoms with Gasteiger partial charge in [-0.15, -0.1) is 0 Å². The number of hydrogen-bond acceptors (Lipinski definition) is 6. The number of fused-ring (bicyclic) bond motifs is 9. The van der Waals surface area contributed by atoms with Crippen molar-refractivity contribution in [3.05, 3.63) is 81.9 Å². The molecule has 3 aliphatic carbocycles. The van der Waals surface area contributed by atoms with Crippen molar-refractivity contribution in [2.24, 2.45) is 10.4 Å². The molecule has 1 saturated heterocycles. The summed E-state index contributed by atoms with van der Waals surface area (Å²) in [5.41, 5.74) is 0.491. The van der Waals surface area contributed by atoms with E-state index in [9.17, 15) is 28.2 Å². The Bertz CT molecular complexity index is 1520. The fourth-order valence-electron chi connectivity index (χ4n) is 8.36. The second-order valence-electron chi connectivity index (χ2n) is 14.2. The van der Waals surface area contributed by atoms with Crippen LogP contribution in [0.5, 0.6) is 0 Å². The number of rotatable bonds is 4. The zero-order chi connectivity index (χ0) is 32.7. The number of nitrogens with zero attached hydrogens (tertiary/aromatic N) is 3. The van der Waals surface area contributed by atoms with Crippen LogP contribution in [-0.4, -0.2) is 76.2 Å². The number of alkyl halides is 3. The van der Waals surface area contributed by atoms with Crippen LogP contribution in [0.1, 0.15) is 104 Å². The Morgan fingerprint density at radius 3 is 2.67 bits per heavy atom. The van der Waals surface area contributed by atoms with E-state index >= 15 is 0 Å². The van der Waals surface area contributed by atoms with E-state index in [1.165, 1.54) is 17.7 Å². The largest absolute Gasteiger partial charge is 0.416 e. The van der Waals surface area contributed by atoms with Crippen molar-refractivity contribution in [2.75, 3.05) is 32.7 Å². The number of carbonyl (C=O) groups excluding carboxylic acids is 1. The van der Waals surface area contributed by atoms with E-state index in [1.54, 1.807) is 6.07 Å². The molecular weight excluding hydrogens is 591 g/mol. The first-order valence-electron chi connectivity index (χ1n) is 16.8. The molecule has 2 fully saturated rings. The van der Waals surface area contributed by atoms with Crippen LogP contribution in [-0.2, 0) is 12.6 Å². The standard InChI is InChI=1S/C37H46F3N3O3/c1-25-7-4-15-35(2)32(14-16-36(35,46)24-43-20-6-19-42-18-5-17-41-34(42)43)30-13-11-26(21-29(44)12-10-25)22-31(30)33(45)27-8-3-9-28(23-27)37(38,39)40/h3,7-9,11,13,22-23,29,32,44,46H,4-6,10,12,14-21,24H2,1-2H3/t29-,32-,35-,36+/m0/s1. The van der Waals surface area contributed by atoms with E-state index in [0.29, 0.717) is 44.2 Å². The van der Waals surface area contributed by atoms with Crippen molar-refractivity contribution < 1.29 is 28.2 Å². The lowest BCUT2D eigenvalue weighted by atomic mass is 9.64. The zero-order valence-corrected chi connectivity index (χ0v) is 27.0. The van der Waals surface area contributed by atoms with E-state index < -0.39 is 34.6 Å². The van der Waals surface area contributed by atoms with E-state index in [-0.39, 0.29) is 11.5 Å². The van der Waals surface area contributed by atoms with Crippen LogP contribution in [0.4, 0.5) is 13.2 Å². The Hall–Kier alpha value is -3.17. The summed E-state index contributed by atoms with van der Waals surface area (Å²) in [6.45, 7) is 8.22. The number of benzene rings is 2. The fraction of sp³-hybridized carbons (Fsp3) is 0.568. The number of ketones is 1. The molecular formula is C37H46F3N3O3. The molecule has 2 N–H and O–H groups in total. The minimum absolute atomic E-state index is 0.0212. The lowest BCUT2D eigenvalue weighted by molar-refractivity contribution is -0.137. The van der Waals surface area contributed by atoms with Crippen molar-refractivity contribution in [2.45, 2.75) is 95.4 Å². The zero-order valence-electron chi connectivity index (χ0n) is 27.0. The predicted octanol–water partition coefficient (Wildman–Crippen LogP) is 6.74. The van der Waals surface area contributed by atoms with Crippen LogP contribution in [0, 0.1) is 5.41 Å². The molecule has 2 bridgehead atoms. The molecule has 9 heteroatoms. The average Bonchev–Trinajstić information content (AvgIpc) is 3.28. The SMILES string of the molecule is CC1=CCC[C@@]2(C)[C@@H](CC[C@@]2(O)CN2CCCN3CCCN=C32)c2ccc(cc2C(=O)c2cccc(C(F)(F)F)c2)C[C@@H](O)CC1. The summed E-state index contributed by atoms with van der Waals surface area (Å²) in [6, 6.07) is 10.3. The highest BCUT2D eigenvalue weighted by Gasteiger charge is 2.58. The van der Waals surface area contributed by atoms with Crippen molar-refractivity contribution >= 4 is 11.7 Å². The third-order valence-corrected chi connectivity index (χ3v) is 11.1. The van der Waals surface area contributed by atoms with Gasteiger partial charge in [0.25, 0.3) is 0 Å². The molecule has 248 valence electrons. The molecule has 0 aromatic heterocycles. The highest BCUT2D eigenvalue weighted by atomic mass is 19.4. The maximum absolute atomic E-state index is 14.2. The first-order chi connectivity index (χ1) is 21.9. The molecule has 2 heterocycles. The Kier molecular flexibility index (Phi) is 9.11. The second kappa shape index (κ2) is 12.8. The van der Waals surface area contributed by atoms with Gasteiger partial charge < -0.3 is 20.0 Å². The van der Waals surface area contributed by atoms with Gasteiger partial charge in [0, 0.05) is 42.7 Å². The highest BCUT2D eigenvalue weighted by molar-refractivity contribution is 6.10. The molecule has 6 nitrogen and oxygen atoms in total. The van der Waals surface area contributed by atoms with E-state index in [4.69, 9.17) is 4.99 Å². The third-order valence-electron chi connectivity index (χ3n) is 11.1. The summed E-state index contributed by atoms with van der Waals surface area (Å²) >= 11 is 0. The maximum atomic E-state index is 14.2. The Balaban J connectivity index is 1.43. The molecule has 0 spiro atoms. The van der Waals surface area contributed by atoms with Gasteiger partial charge in [0.15, 0.2) is 11.7 Å². The normalized spacial score (nSPS) is 29.0. The summed E-state index contributed by atoms with van der Waals surface area (Å²) in [5, 5.41) is 23.6. The molecule has 0 radical (unpaired) electrons. The summed E-state index contributed by atoms with van der Waals surface area (Å²) < 4.78 is 41.0. The maximum Gasteiger partial charge on any atom is 0.416 e. The minimum atomic E-state index is -4.57. The Morgan fingerprint density at radius 2 is 1.87 bits per heavy atom. The van der Waals surface area contributed by atoms with Crippen molar-refractivity contribution in [3.63, 3.8) is 0 Å². The van der Waals surface area contributed by atoms with Crippen molar-refractivity contribution in [1.82, 2.24) is 9.80 Å². The van der Waals surface area contributed by atoms with Gasteiger partial charge in [0.05, 0.1) is 23.8 Å². The third kappa shape index (κ3) is 6.37. The molecule has 0 amide bonds. The monoisotopic (exact) mass is 637 g/mol. The smallest absolute Gasteiger partial charge is 0.393 e. The highest BCUT2D eigenvalue weighted by Crippen LogP contribution is 2.59. The Morgan fingerprint density at radius 1 is 1.07 bits per heavy atom. The average molecular weight is 638 g/mol. The summed E-state index contributed by atoms with van der Waals surface area (Å²) in [5.74, 6) is 0.297. The van der Waals surface area contributed by atoms with Gasteiger partial charge in [-0.25, -0.2) is 0 Å².